The molecule has 0 aliphatic heterocycles. The van der Waals surface area contributed by atoms with Gasteiger partial charge in [0.15, 0.2) is 0 Å². The van der Waals surface area contributed by atoms with Crippen LogP contribution in [0.2, 0.25) is 0 Å². The molecule has 1 rings (SSSR count). The summed E-state index contributed by atoms with van der Waals surface area (Å²) in [4.78, 5) is 37.0. The van der Waals surface area contributed by atoms with Crippen molar-refractivity contribution in [3.63, 3.8) is 0 Å². The zero-order valence-corrected chi connectivity index (χ0v) is 13.4. The van der Waals surface area contributed by atoms with Gasteiger partial charge in [-0.15, -0.1) is 0 Å². The standard InChI is InChI=1S/C13H23N3O9/c17-5-8(20)1-2-14-11(23)15(3-9(21)6-18)13(25)16(12(14)24)4-10(22)7-19/h8-10,17-22H,1-7H2. The van der Waals surface area contributed by atoms with E-state index in [1.54, 1.807) is 0 Å². The molecule has 0 radical (unpaired) electrons. The van der Waals surface area contributed by atoms with Crippen molar-refractivity contribution in [2.75, 3.05) is 19.8 Å². The van der Waals surface area contributed by atoms with E-state index in [1.807, 2.05) is 0 Å². The van der Waals surface area contributed by atoms with Crippen molar-refractivity contribution >= 4 is 0 Å². The van der Waals surface area contributed by atoms with E-state index in [2.05, 4.69) is 0 Å². The fraction of sp³-hybridized carbons (Fsp3) is 0.769. The van der Waals surface area contributed by atoms with Crippen LogP contribution in [0.15, 0.2) is 14.4 Å². The van der Waals surface area contributed by atoms with Gasteiger partial charge in [0.1, 0.15) is 0 Å². The molecule has 144 valence electrons. The van der Waals surface area contributed by atoms with Crippen LogP contribution in [0.25, 0.3) is 0 Å². The predicted octanol–water partition coefficient (Wildman–Crippen LogP) is -5.38. The number of hydrogen-bond acceptors (Lipinski definition) is 9. The molecule has 0 bridgehead atoms. The molecule has 6 N–H and O–H groups in total. The third kappa shape index (κ3) is 5.32. The fourth-order valence-corrected chi connectivity index (χ4v) is 2.09. The van der Waals surface area contributed by atoms with Gasteiger partial charge in [-0.25, -0.2) is 28.1 Å². The van der Waals surface area contributed by atoms with Crippen molar-refractivity contribution in [1.29, 1.82) is 0 Å². The minimum Gasteiger partial charge on any atom is -0.394 e. The maximum Gasteiger partial charge on any atom is 0.336 e. The molecule has 0 aliphatic carbocycles. The van der Waals surface area contributed by atoms with E-state index in [-0.39, 0.29) is 13.0 Å². The molecule has 0 saturated heterocycles. The third-order valence-electron chi connectivity index (χ3n) is 3.49. The normalized spacial score (nSPS) is 15.1. The summed E-state index contributed by atoms with van der Waals surface area (Å²) in [5.41, 5.74) is -3.25. The highest BCUT2D eigenvalue weighted by Crippen LogP contribution is 1.93. The summed E-state index contributed by atoms with van der Waals surface area (Å²) in [5, 5.41) is 54.9. The lowest BCUT2D eigenvalue weighted by atomic mass is 10.2. The minimum absolute atomic E-state index is 0.158. The Morgan fingerprint density at radius 3 is 1.36 bits per heavy atom. The first kappa shape index (κ1) is 21.2. The molecule has 1 aromatic heterocycles. The molecule has 3 atom stereocenters. The average Bonchev–Trinajstić information content (AvgIpc) is 2.61. The van der Waals surface area contributed by atoms with Gasteiger partial charge < -0.3 is 30.6 Å². The van der Waals surface area contributed by atoms with E-state index in [0.717, 1.165) is 0 Å². The summed E-state index contributed by atoms with van der Waals surface area (Å²) in [6, 6.07) is 0. The van der Waals surface area contributed by atoms with Crippen molar-refractivity contribution in [2.45, 2.75) is 44.4 Å². The highest BCUT2D eigenvalue weighted by Gasteiger charge is 2.19. The number of rotatable bonds is 10. The van der Waals surface area contributed by atoms with Gasteiger partial charge in [-0.1, -0.05) is 0 Å². The zero-order chi connectivity index (χ0) is 19.1. The molecule has 0 spiro atoms. The summed E-state index contributed by atoms with van der Waals surface area (Å²) in [6.07, 6.45) is -4.22. The van der Waals surface area contributed by atoms with Gasteiger partial charge in [0.2, 0.25) is 0 Å². The van der Waals surface area contributed by atoms with Gasteiger partial charge in [0.25, 0.3) is 0 Å². The number of nitrogens with zero attached hydrogens (tertiary/aromatic N) is 3. The second-order valence-corrected chi connectivity index (χ2v) is 5.52. The molecule has 0 amide bonds. The van der Waals surface area contributed by atoms with Crippen LogP contribution in [0.1, 0.15) is 6.42 Å². The number of aliphatic hydroxyl groups is 6. The third-order valence-corrected chi connectivity index (χ3v) is 3.49. The van der Waals surface area contributed by atoms with E-state index in [0.29, 0.717) is 13.7 Å². The van der Waals surface area contributed by atoms with E-state index in [9.17, 15) is 29.7 Å². The lowest BCUT2D eigenvalue weighted by Crippen LogP contribution is -2.56. The molecule has 12 heteroatoms. The summed E-state index contributed by atoms with van der Waals surface area (Å²) in [6.45, 7) is -3.56. The maximum atomic E-state index is 12.3. The second-order valence-electron chi connectivity index (χ2n) is 5.52. The SMILES string of the molecule is O=c1n(CCC(O)CO)c(=O)n(CC(O)CO)c(=O)n1CC(O)CO. The van der Waals surface area contributed by atoms with Crippen molar-refractivity contribution < 1.29 is 30.6 Å². The summed E-state index contributed by atoms with van der Waals surface area (Å²) >= 11 is 0. The molecule has 0 saturated carbocycles. The van der Waals surface area contributed by atoms with E-state index in [4.69, 9.17) is 15.3 Å². The smallest absolute Gasteiger partial charge is 0.336 e. The van der Waals surface area contributed by atoms with Crippen LogP contribution in [0.3, 0.4) is 0 Å². The van der Waals surface area contributed by atoms with Gasteiger partial charge >= 0.3 is 17.1 Å². The molecule has 0 fully saturated rings. The monoisotopic (exact) mass is 365 g/mol. The van der Waals surface area contributed by atoms with Crippen LogP contribution in [-0.2, 0) is 19.6 Å². The van der Waals surface area contributed by atoms with Crippen molar-refractivity contribution in [1.82, 2.24) is 13.7 Å². The van der Waals surface area contributed by atoms with Crippen molar-refractivity contribution in [3.05, 3.63) is 31.5 Å². The second kappa shape index (κ2) is 9.60. The molecule has 3 unspecified atom stereocenters. The van der Waals surface area contributed by atoms with Crippen molar-refractivity contribution in [2.24, 2.45) is 0 Å². The Kier molecular flexibility index (Phi) is 8.15. The molecule has 0 aromatic carbocycles. The first-order chi connectivity index (χ1) is 11.8. The first-order valence-corrected chi connectivity index (χ1v) is 7.58. The Morgan fingerprint density at radius 1 is 0.640 bits per heavy atom. The molecule has 1 aromatic rings. The Balaban J connectivity index is 3.46. The predicted molar refractivity (Wildman–Crippen MR) is 83.1 cm³/mol. The molecule has 0 aliphatic rings. The van der Waals surface area contributed by atoms with Gasteiger partial charge in [0.05, 0.1) is 51.2 Å². The topological polar surface area (TPSA) is 187 Å². The molecule has 25 heavy (non-hydrogen) atoms. The van der Waals surface area contributed by atoms with Crippen LogP contribution in [0.4, 0.5) is 0 Å². The molecular weight excluding hydrogens is 342 g/mol. The van der Waals surface area contributed by atoms with Crippen LogP contribution < -0.4 is 17.1 Å². The highest BCUT2D eigenvalue weighted by atomic mass is 16.3. The van der Waals surface area contributed by atoms with Gasteiger partial charge in [-0.05, 0) is 6.42 Å². The van der Waals surface area contributed by atoms with E-state index in [1.165, 1.54) is 0 Å². The first-order valence-electron chi connectivity index (χ1n) is 7.58. The number of aliphatic hydroxyl groups excluding tert-OH is 6. The molecule has 1 heterocycles. The van der Waals surface area contributed by atoms with Crippen LogP contribution in [0, 0.1) is 0 Å². The van der Waals surface area contributed by atoms with Crippen LogP contribution >= 0.6 is 0 Å². The van der Waals surface area contributed by atoms with Gasteiger partial charge in [-0.2, -0.15) is 0 Å². The Hall–Kier alpha value is -1.83. The van der Waals surface area contributed by atoms with Crippen LogP contribution in [-0.4, -0.2) is 82.5 Å². The zero-order valence-electron chi connectivity index (χ0n) is 13.4. The maximum absolute atomic E-state index is 12.3. The Labute approximate surface area is 141 Å². The van der Waals surface area contributed by atoms with Gasteiger partial charge in [-0.3, -0.25) is 0 Å². The molecular formula is C13H23N3O9. The quantitative estimate of drug-likeness (QED) is 0.235. The van der Waals surface area contributed by atoms with E-state index < -0.39 is 68.3 Å². The van der Waals surface area contributed by atoms with Crippen LogP contribution in [0.5, 0.6) is 0 Å². The lowest BCUT2D eigenvalue weighted by molar-refractivity contribution is 0.0691. The number of hydrogen-bond donors (Lipinski definition) is 6. The largest absolute Gasteiger partial charge is 0.394 e. The summed E-state index contributed by atoms with van der Waals surface area (Å²) in [5.74, 6) is 0. The Morgan fingerprint density at radius 2 is 1.00 bits per heavy atom. The highest BCUT2D eigenvalue weighted by molar-refractivity contribution is 4.81. The Bertz CT molecular complexity index is 673. The minimum atomic E-state index is -1.43. The fourth-order valence-electron chi connectivity index (χ4n) is 2.09. The molecule has 12 nitrogen and oxygen atoms in total. The summed E-state index contributed by atoms with van der Waals surface area (Å²) < 4.78 is 1.63. The number of aromatic nitrogens is 3. The lowest BCUT2D eigenvalue weighted by Gasteiger charge is -2.17. The van der Waals surface area contributed by atoms with Gasteiger partial charge in [0, 0.05) is 6.54 Å². The average molecular weight is 365 g/mol. The van der Waals surface area contributed by atoms with E-state index >= 15 is 0 Å². The van der Waals surface area contributed by atoms with Crippen molar-refractivity contribution in [3.8, 4) is 0 Å². The summed E-state index contributed by atoms with van der Waals surface area (Å²) in [7, 11) is 0.